The van der Waals surface area contributed by atoms with Crippen LogP contribution >= 0.6 is 0 Å². The van der Waals surface area contributed by atoms with Crippen LogP contribution in [0, 0.1) is 16.0 Å². The lowest BCUT2D eigenvalue weighted by Gasteiger charge is -2.36. The molecule has 0 spiro atoms. The minimum atomic E-state index is -0.438. The Kier molecular flexibility index (Phi) is 3.90. The largest absolute Gasteiger partial charge is 0.490 e. The lowest BCUT2D eigenvalue weighted by molar-refractivity contribution is -0.385. The van der Waals surface area contributed by atoms with E-state index in [0.717, 1.165) is 25.2 Å². The number of hydrogen-bond donors (Lipinski definition) is 1. The van der Waals surface area contributed by atoms with Crippen LogP contribution in [0.2, 0.25) is 0 Å². The number of piperidine rings is 1. The molecule has 1 aromatic rings. The second-order valence-electron chi connectivity index (χ2n) is 4.99. The molecule has 0 aliphatic carbocycles. The van der Waals surface area contributed by atoms with Gasteiger partial charge in [-0.05, 0) is 18.4 Å². The van der Waals surface area contributed by atoms with Crippen LogP contribution in [0.15, 0.2) is 18.2 Å². The van der Waals surface area contributed by atoms with Crippen molar-refractivity contribution < 1.29 is 9.66 Å². The van der Waals surface area contributed by atoms with Gasteiger partial charge in [-0.25, -0.2) is 0 Å². The van der Waals surface area contributed by atoms with Crippen LogP contribution in [0.5, 0.6) is 5.75 Å². The lowest BCUT2D eigenvalue weighted by Crippen LogP contribution is -2.47. The minimum absolute atomic E-state index is 0.0130. The molecule has 1 saturated heterocycles. The number of nitro groups is 1. The van der Waals surface area contributed by atoms with Crippen LogP contribution in [0.3, 0.4) is 0 Å². The third-order valence-electron chi connectivity index (χ3n) is 3.74. The summed E-state index contributed by atoms with van der Waals surface area (Å²) in [6.07, 6.45) is 1.03. The van der Waals surface area contributed by atoms with Crippen molar-refractivity contribution in [3.05, 3.63) is 28.3 Å². The Balaban J connectivity index is 2.24. The number of anilines is 1. The number of benzene rings is 1. The number of nitrogens with two attached hydrogens (primary N) is 1. The van der Waals surface area contributed by atoms with Gasteiger partial charge in [0.25, 0.3) is 0 Å². The summed E-state index contributed by atoms with van der Waals surface area (Å²) >= 11 is 0. The zero-order valence-electron chi connectivity index (χ0n) is 11.2. The van der Waals surface area contributed by atoms with Crippen LogP contribution in [0.25, 0.3) is 0 Å². The molecule has 2 rings (SSSR count). The van der Waals surface area contributed by atoms with Gasteiger partial charge in [0, 0.05) is 37.0 Å². The van der Waals surface area contributed by atoms with Crippen molar-refractivity contribution in [3.63, 3.8) is 0 Å². The van der Waals surface area contributed by atoms with Gasteiger partial charge in [0.2, 0.25) is 0 Å². The summed E-state index contributed by atoms with van der Waals surface area (Å²) in [5, 5.41) is 10.9. The van der Waals surface area contributed by atoms with Gasteiger partial charge in [0.1, 0.15) is 0 Å². The summed E-state index contributed by atoms with van der Waals surface area (Å²) < 4.78 is 5.09. The fourth-order valence-corrected chi connectivity index (χ4v) is 2.35. The normalized spacial score (nSPS) is 23.2. The summed E-state index contributed by atoms with van der Waals surface area (Å²) in [4.78, 5) is 12.6. The van der Waals surface area contributed by atoms with Gasteiger partial charge in [-0.1, -0.05) is 6.92 Å². The van der Waals surface area contributed by atoms with E-state index in [1.807, 2.05) is 0 Å². The predicted molar refractivity (Wildman–Crippen MR) is 73.6 cm³/mol. The Morgan fingerprint density at radius 2 is 2.26 bits per heavy atom. The van der Waals surface area contributed by atoms with Gasteiger partial charge in [-0.15, -0.1) is 0 Å². The summed E-state index contributed by atoms with van der Waals surface area (Å²) in [7, 11) is 1.44. The molecular formula is C13H19N3O3. The Labute approximate surface area is 112 Å². The first kappa shape index (κ1) is 13.6. The van der Waals surface area contributed by atoms with Gasteiger partial charge in [-0.3, -0.25) is 10.1 Å². The average Bonchev–Trinajstić information content (AvgIpc) is 2.41. The Hall–Kier alpha value is -1.82. The summed E-state index contributed by atoms with van der Waals surface area (Å²) in [6.45, 7) is 3.83. The van der Waals surface area contributed by atoms with E-state index in [0.29, 0.717) is 5.92 Å². The second kappa shape index (κ2) is 5.44. The molecule has 1 fully saturated rings. The van der Waals surface area contributed by atoms with Gasteiger partial charge in [0.15, 0.2) is 5.75 Å². The molecule has 19 heavy (non-hydrogen) atoms. The maximum atomic E-state index is 10.9. The summed E-state index contributed by atoms with van der Waals surface area (Å²) in [6, 6.07) is 5.08. The molecule has 6 heteroatoms. The van der Waals surface area contributed by atoms with E-state index in [-0.39, 0.29) is 17.5 Å². The maximum absolute atomic E-state index is 10.9. The van der Waals surface area contributed by atoms with Crippen molar-refractivity contribution >= 4 is 11.4 Å². The zero-order valence-corrected chi connectivity index (χ0v) is 11.2. The highest BCUT2D eigenvalue weighted by atomic mass is 16.6. The SMILES string of the molecule is COc1cc(N2CCC(C)C(N)C2)ccc1[N+](=O)[O-]. The van der Waals surface area contributed by atoms with Crippen molar-refractivity contribution in [2.45, 2.75) is 19.4 Å². The number of nitro benzene ring substituents is 1. The van der Waals surface area contributed by atoms with Gasteiger partial charge < -0.3 is 15.4 Å². The van der Waals surface area contributed by atoms with Crippen LogP contribution in [0.1, 0.15) is 13.3 Å². The molecular weight excluding hydrogens is 246 g/mol. The van der Waals surface area contributed by atoms with E-state index in [2.05, 4.69) is 11.8 Å². The molecule has 1 heterocycles. The first-order chi connectivity index (χ1) is 9.02. The van der Waals surface area contributed by atoms with Crippen LogP contribution in [-0.2, 0) is 0 Å². The number of methoxy groups -OCH3 is 1. The van der Waals surface area contributed by atoms with Gasteiger partial charge in [-0.2, -0.15) is 0 Å². The summed E-state index contributed by atoms with van der Waals surface area (Å²) in [5.74, 6) is 0.797. The molecule has 2 unspecified atom stereocenters. The Morgan fingerprint density at radius 3 is 2.84 bits per heavy atom. The zero-order chi connectivity index (χ0) is 14.0. The fraction of sp³-hybridized carbons (Fsp3) is 0.538. The second-order valence-corrected chi connectivity index (χ2v) is 4.99. The quantitative estimate of drug-likeness (QED) is 0.665. The molecule has 0 saturated carbocycles. The van der Waals surface area contributed by atoms with Gasteiger partial charge in [0.05, 0.1) is 12.0 Å². The van der Waals surface area contributed by atoms with Crippen molar-refractivity contribution in [3.8, 4) is 5.75 Å². The molecule has 2 atom stereocenters. The fourth-order valence-electron chi connectivity index (χ4n) is 2.35. The highest BCUT2D eigenvalue weighted by molar-refractivity contribution is 5.59. The molecule has 104 valence electrons. The molecule has 0 aromatic heterocycles. The number of ether oxygens (including phenoxy) is 1. The third kappa shape index (κ3) is 2.78. The molecule has 6 nitrogen and oxygen atoms in total. The van der Waals surface area contributed by atoms with Crippen molar-refractivity contribution in [2.24, 2.45) is 11.7 Å². The summed E-state index contributed by atoms with van der Waals surface area (Å²) in [5.41, 5.74) is 6.98. The molecule has 1 aromatic carbocycles. The van der Waals surface area contributed by atoms with E-state index in [9.17, 15) is 10.1 Å². The number of rotatable bonds is 3. The molecule has 0 amide bonds. The lowest BCUT2D eigenvalue weighted by atomic mass is 9.94. The first-order valence-corrected chi connectivity index (χ1v) is 6.36. The van der Waals surface area contributed by atoms with E-state index in [1.165, 1.54) is 13.2 Å². The predicted octanol–water partition coefficient (Wildman–Crippen LogP) is 1.78. The van der Waals surface area contributed by atoms with E-state index in [1.54, 1.807) is 12.1 Å². The highest BCUT2D eigenvalue weighted by Crippen LogP contribution is 2.32. The molecule has 1 aliphatic rings. The molecule has 2 N–H and O–H groups in total. The Bertz CT molecular complexity index is 478. The molecule has 1 aliphatic heterocycles. The first-order valence-electron chi connectivity index (χ1n) is 6.36. The van der Waals surface area contributed by atoms with Crippen molar-refractivity contribution in [2.75, 3.05) is 25.1 Å². The monoisotopic (exact) mass is 265 g/mol. The topological polar surface area (TPSA) is 81.6 Å². The highest BCUT2D eigenvalue weighted by Gasteiger charge is 2.24. The van der Waals surface area contributed by atoms with E-state index >= 15 is 0 Å². The van der Waals surface area contributed by atoms with Crippen molar-refractivity contribution in [1.29, 1.82) is 0 Å². The maximum Gasteiger partial charge on any atom is 0.311 e. The van der Waals surface area contributed by atoms with Gasteiger partial charge >= 0.3 is 5.69 Å². The van der Waals surface area contributed by atoms with Crippen LogP contribution in [0.4, 0.5) is 11.4 Å². The number of hydrogen-bond acceptors (Lipinski definition) is 5. The van der Waals surface area contributed by atoms with E-state index < -0.39 is 4.92 Å². The third-order valence-corrected chi connectivity index (χ3v) is 3.74. The average molecular weight is 265 g/mol. The molecule has 0 radical (unpaired) electrons. The van der Waals surface area contributed by atoms with Crippen LogP contribution in [-0.4, -0.2) is 31.2 Å². The van der Waals surface area contributed by atoms with Crippen LogP contribution < -0.4 is 15.4 Å². The molecule has 0 bridgehead atoms. The standard InChI is InChI=1S/C13H19N3O3/c1-9-5-6-15(8-11(9)14)10-3-4-12(16(17)18)13(7-10)19-2/h3-4,7,9,11H,5-6,8,14H2,1-2H3. The minimum Gasteiger partial charge on any atom is -0.490 e. The van der Waals surface area contributed by atoms with E-state index in [4.69, 9.17) is 10.5 Å². The Morgan fingerprint density at radius 1 is 1.53 bits per heavy atom. The van der Waals surface area contributed by atoms with Crippen molar-refractivity contribution in [1.82, 2.24) is 0 Å². The number of nitrogens with zero attached hydrogens (tertiary/aromatic N) is 2. The smallest absolute Gasteiger partial charge is 0.311 e.